The van der Waals surface area contributed by atoms with Gasteiger partial charge in [0.2, 0.25) is 0 Å². The Kier molecular flexibility index (Phi) is 7.80. The van der Waals surface area contributed by atoms with Gasteiger partial charge in [0.15, 0.2) is 0 Å². The summed E-state index contributed by atoms with van der Waals surface area (Å²) < 4.78 is 20.1. The highest BCUT2D eigenvalue weighted by atomic mass is 79.9. The maximum Gasteiger partial charge on any atom is 0.124 e. The minimum atomic E-state index is -0.392. The van der Waals surface area contributed by atoms with Crippen LogP contribution in [-0.2, 0) is 0 Å². The Labute approximate surface area is 134 Å². The molecule has 0 radical (unpaired) electrons. The highest BCUT2D eigenvalue weighted by Crippen LogP contribution is 2.32. The van der Waals surface area contributed by atoms with Gasteiger partial charge in [0.05, 0.1) is 12.6 Å². The Morgan fingerprint density at radius 3 is 2.70 bits per heavy atom. The molecular weight excluding hydrogens is 347 g/mol. The van der Waals surface area contributed by atoms with Crippen molar-refractivity contribution in [2.24, 2.45) is 0 Å². The highest BCUT2D eigenvalue weighted by molar-refractivity contribution is 9.10. The first-order valence-electron chi connectivity index (χ1n) is 6.69. The SMILES string of the molecule is CCOc1ccc(Br)cc1[C@H](CF)N1CCNCC1.Cl. The lowest BCUT2D eigenvalue weighted by Gasteiger charge is -2.34. The maximum absolute atomic E-state index is 13.5. The lowest BCUT2D eigenvalue weighted by molar-refractivity contribution is 0.144. The van der Waals surface area contributed by atoms with Crippen LogP contribution < -0.4 is 10.1 Å². The van der Waals surface area contributed by atoms with Gasteiger partial charge in [-0.05, 0) is 25.1 Å². The molecule has 1 aromatic rings. The third kappa shape index (κ3) is 4.32. The molecule has 3 nitrogen and oxygen atoms in total. The normalized spacial score (nSPS) is 17.4. The first-order chi connectivity index (χ1) is 9.26. The molecule has 0 unspecified atom stereocenters. The average molecular weight is 368 g/mol. The van der Waals surface area contributed by atoms with Crippen LogP contribution in [0.4, 0.5) is 4.39 Å². The lowest BCUT2D eigenvalue weighted by atomic mass is 10.0. The summed E-state index contributed by atoms with van der Waals surface area (Å²) in [7, 11) is 0. The van der Waals surface area contributed by atoms with E-state index in [1.807, 2.05) is 25.1 Å². The van der Waals surface area contributed by atoms with Gasteiger partial charge >= 0.3 is 0 Å². The molecule has 1 aliphatic heterocycles. The number of hydrogen-bond acceptors (Lipinski definition) is 3. The predicted octanol–water partition coefficient (Wildman–Crippen LogP) is 3.19. The van der Waals surface area contributed by atoms with Crippen molar-refractivity contribution in [1.82, 2.24) is 10.2 Å². The largest absolute Gasteiger partial charge is 0.494 e. The van der Waals surface area contributed by atoms with E-state index in [2.05, 4.69) is 26.1 Å². The molecule has 2 rings (SSSR count). The van der Waals surface area contributed by atoms with Gasteiger partial charge in [-0.25, -0.2) is 4.39 Å². The Hall–Kier alpha value is -0.360. The van der Waals surface area contributed by atoms with Crippen LogP contribution in [0.15, 0.2) is 22.7 Å². The Morgan fingerprint density at radius 1 is 1.40 bits per heavy atom. The zero-order valence-electron chi connectivity index (χ0n) is 11.6. The molecule has 0 amide bonds. The molecule has 0 bridgehead atoms. The first-order valence-corrected chi connectivity index (χ1v) is 7.48. The van der Waals surface area contributed by atoms with Crippen LogP contribution in [0, 0.1) is 0 Å². The molecule has 1 saturated heterocycles. The molecule has 1 N–H and O–H groups in total. The molecular formula is C14H21BrClFN2O. The van der Waals surface area contributed by atoms with Crippen LogP contribution >= 0.6 is 28.3 Å². The summed E-state index contributed by atoms with van der Waals surface area (Å²) in [6, 6.07) is 5.59. The molecule has 1 aliphatic rings. The summed E-state index contributed by atoms with van der Waals surface area (Å²) in [5.74, 6) is 0.784. The molecule has 1 heterocycles. The fourth-order valence-electron chi connectivity index (χ4n) is 2.44. The molecule has 0 aliphatic carbocycles. The lowest BCUT2D eigenvalue weighted by Crippen LogP contribution is -2.45. The van der Waals surface area contributed by atoms with E-state index in [0.29, 0.717) is 6.61 Å². The zero-order valence-corrected chi connectivity index (χ0v) is 14.0. The molecule has 0 aromatic heterocycles. The fraction of sp³-hybridized carbons (Fsp3) is 0.571. The fourth-order valence-corrected chi connectivity index (χ4v) is 2.82. The summed E-state index contributed by atoms with van der Waals surface area (Å²) >= 11 is 3.46. The molecule has 1 atom stereocenters. The van der Waals surface area contributed by atoms with Crippen molar-refractivity contribution in [2.45, 2.75) is 13.0 Å². The topological polar surface area (TPSA) is 24.5 Å². The Balaban J connectivity index is 0.00000200. The van der Waals surface area contributed by atoms with Gasteiger partial charge in [-0.3, -0.25) is 4.90 Å². The average Bonchev–Trinajstić information content (AvgIpc) is 2.44. The quantitative estimate of drug-likeness (QED) is 0.865. The second-order valence-corrected chi connectivity index (χ2v) is 5.49. The Morgan fingerprint density at radius 2 is 2.10 bits per heavy atom. The van der Waals surface area contributed by atoms with Gasteiger partial charge in [0.25, 0.3) is 0 Å². The molecule has 114 valence electrons. The van der Waals surface area contributed by atoms with Crippen molar-refractivity contribution in [1.29, 1.82) is 0 Å². The monoisotopic (exact) mass is 366 g/mol. The predicted molar refractivity (Wildman–Crippen MR) is 85.7 cm³/mol. The van der Waals surface area contributed by atoms with Crippen LogP contribution in [0.2, 0.25) is 0 Å². The number of nitrogens with zero attached hydrogens (tertiary/aromatic N) is 1. The van der Waals surface area contributed by atoms with Gasteiger partial charge in [-0.15, -0.1) is 12.4 Å². The van der Waals surface area contributed by atoms with Crippen molar-refractivity contribution in [3.63, 3.8) is 0 Å². The summed E-state index contributed by atoms with van der Waals surface area (Å²) in [6.45, 7) is 5.70. The summed E-state index contributed by atoms with van der Waals surface area (Å²) in [5, 5.41) is 3.29. The second kappa shape index (κ2) is 8.82. The van der Waals surface area contributed by atoms with Gasteiger partial charge < -0.3 is 10.1 Å². The smallest absolute Gasteiger partial charge is 0.124 e. The first kappa shape index (κ1) is 17.7. The van der Waals surface area contributed by atoms with Gasteiger partial charge in [-0.2, -0.15) is 0 Å². The van der Waals surface area contributed by atoms with E-state index in [0.717, 1.165) is 42.0 Å². The number of halogens is 3. The third-order valence-electron chi connectivity index (χ3n) is 3.37. The van der Waals surface area contributed by atoms with Crippen LogP contribution in [0.1, 0.15) is 18.5 Å². The van der Waals surface area contributed by atoms with Crippen molar-refractivity contribution in [2.75, 3.05) is 39.5 Å². The van der Waals surface area contributed by atoms with Crippen molar-refractivity contribution in [3.05, 3.63) is 28.2 Å². The molecule has 0 spiro atoms. The number of alkyl halides is 1. The van der Waals surface area contributed by atoms with E-state index >= 15 is 0 Å². The Bertz CT molecular complexity index is 416. The highest BCUT2D eigenvalue weighted by Gasteiger charge is 2.25. The molecule has 0 saturated carbocycles. The van der Waals surface area contributed by atoms with E-state index in [1.165, 1.54) is 0 Å². The summed E-state index contributed by atoms with van der Waals surface area (Å²) in [6.07, 6.45) is 0. The van der Waals surface area contributed by atoms with Gasteiger partial charge in [0, 0.05) is 36.2 Å². The molecule has 20 heavy (non-hydrogen) atoms. The number of rotatable bonds is 5. The van der Waals surface area contributed by atoms with Crippen molar-refractivity contribution in [3.8, 4) is 5.75 Å². The van der Waals surface area contributed by atoms with Crippen LogP contribution in [0.25, 0.3) is 0 Å². The van der Waals surface area contributed by atoms with E-state index in [4.69, 9.17) is 4.74 Å². The van der Waals surface area contributed by atoms with E-state index in [-0.39, 0.29) is 18.4 Å². The van der Waals surface area contributed by atoms with Crippen molar-refractivity contribution < 1.29 is 9.13 Å². The number of piperazine rings is 1. The van der Waals surface area contributed by atoms with Gasteiger partial charge in [0.1, 0.15) is 12.4 Å². The molecule has 1 aromatic carbocycles. The number of hydrogen-bond donors (Lipinski definition) is 1. The zero-order chi connectivity index (χ0) is 13.7. The number of nitrogens with one attached hydrogen (secondary N) is 1. The minimum Gasteiger partial charge on any atom is -0.494 e. The van der Waals surface area contributed by atoms with E-state index in [9.17, 15) is 4.39 Å². The summed E-state index contributed by atoms with van der Waals surface area (Å²) in [5.41, 5.74) is 0.931. The molecule has 6 heteroatoms. The minimum absolute atomic E-state index is 0. The third-order valence-corrected chi connectivity index (χ3v) is 3.86. The second-order valence-electron chi connectivity index (χ2n) is 4.57. The van der Waals surface area contributed by atoms with E-state index < -0.39 is 6.67 Å². The maximum atomic E-state index is 13.5. The van der Waals surface area contributed by atoms with Gasteiger partial charge in [-0.1, -0.05) is 15.9 Å². The summed E-state index contributed by atoms with van der Waals surface area (Å²) in [4.78, 5) is 2.18. The number of ether oxygens (including phenoxy) is 1. The van der Waals surface area contributed by atoms with Crippen LogP contribution in [0.5, 0.6) is 5.75 Å². The van der Waals surface area contributed by atoms with Crippen molar-refractivity contribution >= 4 is 28.3 Å². The standard InChI is InChI=1S/C14H20BrFN2O.ClH/c1-2-19-14-4-3-11(15)9-12(14)13(10-16)18-7-5-17-6-8-18;/h3-4,9,13,17H,2,5-8,10H2,1H3;1H/t13-;/m0./s1. The van der Waals surface area contributed by atoms with Crippen LogP contribution in [0.3, 0.4) is 0 Å². The van der Waals surface area contributed by atoms with E-state index in [1.54, 1.807) is 0 Å². The molecule has 1 fully saturated rings. The number of benzene rings is 1. The van der Waals surface area contributed by atoms with Crippen LogP contribution in [-0.4, -0.2) is 44.4 Å².